The maximum atomic E-state index is 13.2. The number of amides is 2. The topological polar surface area (TPSA) is 112 Å². The molecule has 2 amide bonds. The molecule has 2 heterocycles. The number of carbonyl (C=O) groups excluding carboxylic acids is 1. The van der Waals surface area contributed by atoms with Crippen molar-refractivity contribution in [3.8, 4) is 22.8 Å². The van der Waals surface area contributed by atoms with Crippen molar-refractivity contribution < 1.29 is 14.3 Å². The van der Waals surface area contributed by atoms with E-state index in [0.29, 0.717) is 43.4 Å². The van der Waals surface area contributed by atoms with Crippen molar-refractivity contribution in [1.29, 1.82) is 0 Å². The zero-order chi connectivity index (χ0) is 25.3. The number of urea groups is 1. The predicted octanol–water partition coefficient (Wildman–Crippen LogP) is 3.22. The lowest BCUT2D eigenvalue weighted by molar-refractivity contribution is 0.249. The molecular weight excluding hydrogens is 446 g/mol. The van der Waals surface area contributed by atoms with Crippen molar-refractivity contribution in [2.75, 3.05) is 32.2 Å². The van der Waals surface area contributed by atoms with Crippen molar-refractivity contribution in [3.63, 3.8) is 0 Å². The van der Waals surface area contributed by atoms with Crippen LogP contribution in [-0.4, -0.2) is 42.9 Å². The van der Waals surface area contributed by atoms with E-state index in [0.717, 1.165) is 39.2 Å². The Kier molecular flexibility index (Phi) is 6.68. The summed E-state index contributed by atoms with van der Waals surface area (Å²) in [6.07, 6.45) is 0.687. The minimum atomic E-state index is -0.601. The lowest BCUT2D eigenvalue weighted by atomic mass is 9.96. The number of fused-ring (bicyclic) bond motifs is 3. The van der Waals surface area contributed by atoms with Crippen LogP contribution in [0, 0.1) is 20.8 Å². The number of aromatic nitrogens is 2. The van der Waals surface area contributed by atoms with Crippen molar-refractivity contribution in [1.82, 2.24) is 14.9 Å². The average molecular weight is 478 g/mol. The molecule has 0 radical (unpaired) electrons. The molecule has 9 nitrogen and oxygen atoms in total. The molecule has 0 spiro atoms. The monoisotopic (exact) mass is 477 g/mol. The molecule has 0 saturated carbocycles. The molecule has 3 aromatic rings. The summed E-state index contributed by atoms with van der Waals surface area (Å²) in [6, 6.07) is 9.38. The number of anilines is 2. The zero-order valence-electron chi connectivity index (χ0n) is 20.8. The third kappa shape index (κ3) is 4.66. The molecule has 0 saturated heterocycles. The summed E-state index contributed by atoms with van der Waals surface area (Å²) >= 11 is 0. The first-order valence-electron chi connectivity index (χ1n) is 11.5. The van der Waals surface area contributed by atoms with E-state index in [4.69, 9.17) is 15.2 Å². The van der Waals surface area contributed by atoms with Crippen LogP contribution < -0.4 is 31.1 Å². The Labute approximate surface area is 204 Å². The van der Waals surface area contributed by atoms with Gasteiger partial charge in [-0.2, -0.15) is 4.98 Å². The third-order valence-corrected chi connectivity index (χ3v) is 6.30. The fourth-order valence-electron chi connectivity index (χ4n) is 4.90. The summed E-state index contributed by atoms with van der Waals surface area (Å²) in [5.41, 5.74) is 11.9. The van der Waals surface area contributed by atoms with Crippen LogP contribution in [0.2, 0.25) is 0 Å². The molecule has 1 aliphatic heterocycles. The Hall–Kier alpha value is -4.01. The largest absolute Gasteiger partial charge is 0.493 e. The number of rotatable bonds is 7. The van der Waals surface area contributed by atoms with Gasteiger partial charge in [0.1, 0.15) is 5.82 Å². The quantitative estimate of drug-likeness (QED) is 0.541. The minimum absolute atomic E-state index is 0.295. The number of nitrogens with two attached hydrogens (primary N) is 1. The highest BCUT2D eigenvalue weighted by atomic mass is 16.5. The van der Waals surface area contributed by atoms with Crippen LogP contribution in [0.3, 0.4) is 0 Å². The molecule has 3 N–H and O–H groups in total. The zero-order valence-corrected chi connectivity index (χ0v) is 20.8. The van der Waals surface area contributed by atoms with E-state index < -0.39 is 6.03 Å². The number of hydrogen-bond acceptors (Lipinski definition) is 6. The van der Waals surface area contributed by atoms with Crippen molar-refractivity contribution >= 4 is 17.5 Å². The van der Waals surface area contributed by atoms with E-state index >= 15 is 0 Å². The molecule has 0 aliphatic carbocycles. The Morgan fingerprint density at radius 2 is 1.74 bits per heavy atom. The van der Waals surface area contributed by atoms with Crippen LogP contribution in [-0.2, 0) is 13.0 Å². The maximum absolute atomic E-state index is 13.2. The summed E-state index contributed by atoms with van der Waals surface area (Å²) in [6.45, 7) is 7.32. The number of carbonyl (C=O) groups is 1. The predicted molar refractivity (Wildman–Crippen MR) is 136 cm³/mol. The van der Waals surface area contributed by atoms with Crippen LogP contribution >= 0.6 is 0 Å². The molecule has 0 atom stereocenters. The van der Waals surface area contributed by atoms with Crippen LogP contribution in [0.5, 0.6) is 11.5 Å². The standard InChI is InChI=1S/C26H31N5O4/c1-15-10-16(2)24(17(3)11-15)31(9-7-28-25(27)32)23-14-20-19-13-22(35-5)21(34-4)12-18(19)6-8-30(20)26(33)29-23/h10-14H,6-9H2,1-5H3,(H3,27,28,32). The Morgan fingerprint density at radius 1 is 1.09 bits per heavy atom. The van der Waals surface area contributed by atoms with Gasteiger partial charge in [0.2, 0.25) is 0 Å². The smallest absolute Gasteiger partial charge is 0.350 e. The van der Waals surface area contributed by atoms with Crippen LogP contribution in [0.15, 0.2) is 35.1 Å². The molecule has 0 bridgehead atoms. The maximum Gasteiger partial charge on any atom is 0.350 e. The number of methoxy groups -OCH3 is 2. The summed E-state index contributed by atoms with van der Waals surface area (Å²) in [7, 11) is 3.20. The van der Waals surface area contributed by atoms with Gasteiger partial charge in [-0.1, -0.05) is 17.7 Å². The summed E-state index contributed by atoms with van der Waals surface area (Å²) in [4.78, 5) is 30.9. The van der Waals surface area contributed by atoms with E-state index in [1.807, 2.05) is 43.9 Å². The van der Waals surface area contributed by atoms with Gasteiger partial charge >= 0.3 is 11.7 Å². The lowest BCUT2D eigenvalue weighted by Crippen LogP contribution is -2.37. The van der Waals surface area contributed by atoms with Gasteiger partial charge in [-0.3, -0.25) is 4.57 Å². The van der Waals surface area contributed by atoms with Gasteiger partial charge in [0.15, 0.2) is 11.5 Å². The minimum Gasteiger partial charge on any atom is -0.493 e. The SMILES string of the molecule is COc1cc2c(cc1OC)-c1cc(N(CCNC(N)=O)c3c(C)cc(C)cc3C)nc(=O)n1CC2. The molecular formula is C26H31N5O4. The van der Waals surface area contributed by atoms with E-state index in [2.05, 4.69) is 22.4 Å². The number of primary amides is 1. The fraction of sp³-hybridized carbons (Fsp3) is 0.346. The molecule has 2 aromatic carbocycles. The number of aryl methyl sites for hydroxylation is 4. The fourth-order valence-corrected chi connectivity index (χ4v) is 4.90. The lowest BCUT2D eigenvalue weighted by Gasteiger charge is -2.30. The van der Waals surface area contributed by atoms with Gasteiger partial charge in [0.25, 0.3) is 0 Å². The van der Waals surface area contributed by atoms with Crippen molar-refractivity contribution in [2.45, 2.75) is 33.7 Å². The second-order valence-electron chi connectivity index (χ2n) is 8.74. The highest BCUT2D eigenvalue weighted by molar-refractivity contribution is 5.75. The summed E-state index contributed by atoms with van der Waals surface area (Å²) in [5.74, 6) is 1.75. The number of hydrogen-bond donors (Lipinski definition) is 2. The summed E-state index contributed by atoms with van der Waals surface area (Å²) in [5, 5.41) is 2.64. The molecule has 35 heavy (non-hydrogen) atoms. The van der Waals surface area contributed by atoms with Gasteiger partial charge in [0.05, 0.1) is 19.9 Å². The van der Waals surface area contributed by atoms with Gasteiger partial charge in [-0.25, -0.2) is 9.59 Å². The van der Waals surface area contributed by atoms with E-state index in [9.17, 15) is 9.59 Å². The first-order chi connectivity index (χ1) is 16.7. The van der Waals surface area contributed by atoms with Gasteiger partial charge in [0, 0.05) is 37.0 Å². The molecule has 1 aliphatic rings. The van der Waals surface area contributed by atoms with Gasteiger partial charge in [-0.05, 0) is 56.0 Å². The molecule has 1 aromatic heterocycles. The average Bonchev–Trinajstić information content (AvgIpc) is 2.81. The number of nitrogens with one attached hydrogen (secondary N) is 1. The van der Waals surface area contributed by atoms with Crippen molar-refractivity contribution in [3.05, 3.63) is 63.1 Å². The van der Waals surface area contributed by atoms with E-state index in [1.165, 1.54) is 0 Å². The molecule has 0 unspecified atom stereocenters. The third-order valence-electron chi connectivity index (χ3n) is 6.30. The second kappa shape index (κ2) is 9.69. The molecule has 9 heteroatoms. The van der Waals surface area contributed by atoms with Crippen LogP contribution in [0.1, 0.15) is 22.3 Å². The molecule has 184 valence electrons. The van der Waals surface area contributed by atoms with Crippen LogP contribution in [0.25, 0.3) is 11.3 Å². The van der Waals surface area contributed by atoms with Crippen molar-refractivity contribution in [2.24, 2.45) is 5.73 Å². The van der Waals surface area contributed by atoms with E-state index in [1.54, 1.807) is 18.8 Å². The highest BCUT2D eigenvalue weighted by Gasteiger charge is 2.24. The van der Waals surface area contributed by atoms with E-state index in [-0.39, 0.29) is 5.69 Å². The highest BCUT2D eigenvalue weighted by Crippen LogP contribution is 2.39. The number of ether oxygens (including phenoxy) is 2. The summed E-state index contributed by atoms with van der Waals surface area (Å²) < 4.78 is 12.7. The second-order valence-corrected chi connectivity index (χ2v) is 8.74. The van der Waals surface area contributed by atoms with Crippen LogP contribution in [0.4, 0.5) is 16.3 Å². The number of nitrogens with zero attached hydrogens (tertiary/aromatic N) is 3. The molecule has 4 rings (SSSR count). The van der Waals surface area contributed by atoms with Gasteiger partial charge in [-0.15, -0.1) is 0 Å². The normalized spacial score (nSPS) is 11.9. The molecule has 0 fully saturated rings. The first kappa shape index (κ1) is 24.1. The number of benzene rings is 2. The Balaban J connectivity index is 1.89. The Morgan fingerprint density at radius 3 is 2.37 bits per heavy atom. The Bertz CT molecular complexity index is 1330. The van der Waals surface area contributed by atoms with Gasteiger partial charge < -0.3 is 25.4 Å². The first-order valence-corrected chi connectivity index (χ1v) is 11.5.